The fourth-order valence-corrected chi connectivity index (χ4v) is 0.607. The molecule has 1 aromatic rings. The van der Waals surface area contributed by atoms with E-state index in [2.05, 4.69) is 15.0 Å². The molecule has 0 radical (unpaired) electrons. The lowest BCUT2D eigenvalue weighted by molar-refractivity contribution is 0.0592. The van der Waals surface area contributed by atoms with Crippen LogP contribution in [0.15, 0.2) is 4.79 Å². The summed E-state index contributed by atoms with van der Waals surface area (Å²) in [5.41, 5.74) is -0.716. The van der Waals surface area contributed by atoms with E-state index < -0.39 is 11.5 Å². The molecule has 0 fully saturated rings. The predicted octanol–water partition coefficient (Wildman–Crippen LogP) is -1.11. The maximum atomic E-state index is 10.9. The van der Waals surface area contributed by atoms with Crippen LogP contribution >= 0.6 is 0 Å². The van der Waals surface area contributed by atoms with Crippen molar-refractivity contribution in [1.29, 1.82) is 0 Å². The first kappa shape index (κ1) is 7.52. The monoisotopic (exact) mass is 157 g/mol. The number of nitrogens with zero attached hydrogens (tertiary/aromatic N) is 2. The maximum absolute atomic E-state index is 10.9. The number of aromatic nitrogens is 3. The van der Waals surface area contributed by atoms with Gasteiger partial charge in [-0.1, -0.05) is 0 Å². The standard InChI is InChI=1S/C5H7N3O3/c1-8-4(9)3(6-7-8)5(10)11-2/h7H,1-2H3. The van der Waals surface area contributed by atoms with E-state index in [0.29, 0.717) is 0 Å². The Morgan fingerprint density at radius 1 is 1.73 bits per heavy atom. The Hall–Kier alpha value is -1.59. The van der Waals surface area contributed by atoms with Gasteiger partial charge in [0.15, 0.2) is 0 Å². The third kappa shape index (κ3) is 1.14. The lowest BCUT2D eigenvalue weighted by Crippen LogP contribution is -2.19. The number of esters is 1. The van der Waals surface area contributed by atoms with Crippen molar-refractivity contribution in [2.24, 2.45) is 7.05 Å². The topological polar surface area (TPSA) is 77.0 Å². The quantitative estimate of drug-likeness (QED) is 0.524. The van der Waals surface area contributed by atoms with Gasteiger partial charge in [0.25, 0.3) is 0 Å². The van der Waals surface area contributed by atoms with Gasteiger partial charge in [-0.2, -0.15) is 0 Å². The number of H-pyrrole nitrogens is 1. The van der Waals surface area contributed by atoms with Gasteiger partial charge in [-0.3, -0.25) is 4.79 Å². The number of hydrogen-bond acceptors (Lipinski definition) is 4. The van der Waals surface area contributed by atoms with Crippen molar-refractivity contribution in [2.45, 2.75) is 0 Å². The highest BCUT2D eigenvalue weighted by atomic mass is 16.5. The molecule has 0 saturated carbocycles. The number of hydrogen-bond donors (Lipinski definition) is 1. The second-order valence-corrected chi connectivity index (χ2v) is 1.92. The summed E-state index contributed by atoms with van der Waals surface area (Å²) in [4.78, 5) is 21.7. The molecule has 1 heterocycles. The third-order valence-corrected chi connectivity index (χ3v) is 1.20. The van der Waals surface area contributed by atoms with Crippen LogP contribution in [0.2, 0.25) is 0 Å². The Kier molecular flexibility index (Phi) is 1.75. The second kappa shape index (κ2) is 2.57. The first-order valence-corrected chi connectivity index (χ1v) is 2.86. The number of ether oxygens (including phenoxy) is 1. The molecule has 0 spiro atoms. The Morgan fingerprint density at radius 3 is 2.73 bits per heavy atom. The minimum absolute atomic E-state index is 0.227. The van der Waals surface area contributed by atoms with Crippen LogP contribution in [0.3, 0.4) is 0 Å². The van der Waals surface area contributed by atoms with Gasteiger partial charge in [-0.05, 0) is 0 Å². The summed E-state index contributed by atoms with van der Waals surface area (Å²) in [6.45, 7) is 0. The largest absolute Gasteiger partial charge is 0.464 e. The summed E-state index contributed by atoms with van der Waals surface area (Å²) in [6, 6.07) is 0. The SMILES string of the molecule is COC(=O)c1n[nH]n(C)c1=O. The van der Waals surface area contributed by atoms with Crippen LogP contribution in [0.25, 0.3) is 0 Å². The molecule has 0 atom stereocenters. The number of aromatic amines is 1. The van der Waals surface area contributed by atoms with E-state index in [-0.39, 0.29) is 5.69 Å². The van der Waals surface area contributed by atoms with E-state index in [9.17, 15) is 9.59 Å². The van der Waals surface area contributed by atoms with Crippen molar-refractivity contribution in [1.82, 2.24) is 15.0 Å². The molecule has 1 rings (SSSR count). The van der Waals surface area contributed by atoms with Gasteiger partial charge >= 0.3 is 11.5 Å². The molecule has 0 bridgehead atoms. The zero-order chi connectivity index (χ0) is 8.43. The number of methoxy groups -OCH3 is 1. The fourth-order valence-electron chi connectivity index (χ4n) is 0.607. The number of carbonyl (C=O) groups excluding carboxylic acids is 1. The van der Waals surface area contributed by atoms with Crippen molar-refractivity contribution in [3.63, 3.8) is 0 Å². The smallest absolute Gasteiger partial charge is 0.364 e. The first-order valence-electron chi connectivity index (χ1n) is 2.86. The molecular formula is C5H7N3O3. The van der Waals surface area contributed by atoms with Crippen LogP contribution in [0.1, 0.15) is 10.5 Å². The van der Waals surface area contributed by atoms with Crippen LogP contribution in [0, 0.1) is 0 Å². The zero-order valence-electron chi connectivity index (χ0n) is 6.12. The van der Waals surface area contributed by atoms with Gasteiger partial charge in [0, 0.05) is 7.05 Å². The van der Waals surface area contributed by atoms with Crippen LogP contribution in [-0.4, -0.2) is 28.1 Å². The minimum atomic E-state index is -0.730. The van der Waals surface area contributed by atoms with E-state index in [1.807, 2.05) is 0 Å². The van der Waals surface area contributed by atoms with Crippen molar-refractivity contribution < 1.29 is 9.53 Å². The van der Waals surface area contributed by atoms with Gasteiger partial charge in [-0.25, -0.2) is 14.7 Å². The molecule has 0 unspecified atom stereocenters. The zero-order valence-corrected chi connectivity index (χ0v) is 6.12. The fraction of sp³-hybridized carbons (Fsp3) is 0.400. The van der Waals surface area contributed by atoms with E-state index in [1.54, 1.807) is 0 Å². The van der Waals surface area contributed by atoms with Crippen molar-refractivity contribution in [2.75, 3.05) is 7.11 Å². The highest BCUT2D eigenvalue weighted by Crippen LogP contribution is 1.85. The summed E-state index contributed by atoms with van der Waals surface area (Å²) >= 11 is 0. The number of rotatable bonds is 1. The molecule has 6 heteroatoms. The first-order chi connectivity index (χ1) is 5.16. The highest BCUT2D eigenvalue weighted by molar-refractivity contribution is 5.86. The molecule has 11 heavy (non-hydrogen) atoms. The third-order valence-electron chi connectivity index (χ3n) is 1.20. The van der Waals surface area contributed by atoms with Crippen LogP contribution in [0.4, 0.5) is 0 Å². The number of nitrogens with one attached hydrogen (secondary N) is 1. The summed E-state index contributed by atoms with van der Waals surface area (Å²) in [5.74, 6) is -0.730. The summed E-state index contributed by atoms with van der Waals surface area (Å²) in [6.07, 6.45) is 0. The Morgan fingerprint density at radius 2 is 2.36 bits per heavy atom. The Bertz CT molecular complexity index is 324. The van der Waals surface area contributed by atoms with Crippen molar-refractivity contribution in [3.05, 3.63) is 16.0 Å². The molecule has 0 aromatic carbocycles. The summed E-state index contributed by atoms with van der Waals surface area (Å²) < 4.78 is 5.39. The van der Waals surface area contributed by atoms with E-state index in [4.69, 9.17) is 0 Å². The van der Waals surface area contributed by atoms with Crippen molar-refractivity contribution >= 4 is 5.97 Å². The lowest BCUT2D eigenvalue weighted by Gasteiger charge is -1.88. The molecule has 6 nitrogen and oxygen atoms in total. The van der Waals surface area contributed by atoms with E-state index in [0.717, 1.165) is 4.68 Å². The lowest BCUT2D eigenvalue weighted by atomic mass is 10.5. The van der Waals surface area contributed by atoms with Gasteiger partial charge < -0.3 is 4.74 Å². The number of aryl methyl sites for hydroxylation is 1. The molecule has 60 valence electrons. The molecule has 1 aromatic heterocycles. The molecule has 0 amide bonds. The molecule has 1 N–H and O–H groups in total. The summed E-state index contributed by atoms with van der Waals surface area (Å²) in [5, 5.41) is 5.74. The average Bonchev–Trinajstić information content (AvgIpc) is 2.32. The molecule has 0 aliphatic heterocycles. The maximum Gasteiger partial charge on any atom is 0.364 e. The van der Waals surface area contributed by atoms with Crippen molar-refractivity contribution in [3.8, 4) is 0 Å². The van der Waals surface area contributed by atoms with E-state index in [1.165, 1.54) is 14.2 Å². The Labute approximate surface area is 61.8 Å². The highest BCUT2D eigenvalue weighted by Gasteiger charge is 2.14. The van der Waals surface area contributed by atoms with Gasteiger partial charge in [0.05, 0.1) is 7.11 Å². The van der Waals surface area contributed by atoms with Gasteiger partial charge in [-0.15, -0.1) is 5.10 Å². The molecule has 0 saturated heterocycles. The number of carbonyl (C=O) groups is 1. The van der Waals surface area contributed by atoms with Gasteiger partial charge in [0.1, 0.15) is 0 Å². The van der Waals surface area contributed by atoms with Crippen LogP contribution < -0.4 is 5.56 Å². The van der Waals surface area contributed by atoms with E-state index >= 15 is 0 Å². The second-order valence-electron chi connectivity index (χ2n) is 1.92. The molecular weight excluding hydrogens is 150 g/mol. The predicted molar refractivity (Wildman–Crippen MR) is 35.2 cm³/mol. The average molecular weight is 157 g/mol. The molecule has 0 aliphatic carbocycles. The minimum Gasteiger partial charge on any atom is -0.464 e. The normalized spacial score (nSPS) is 9.64. The van der Waals surface area contributed by atoms with Crippen LogP contribution in [-0.2, 0) is 11.8 Å². The molecule has 0 aliphatic rings. The van der Waals surface area contributed by atoms with Gasteiger partial charge in [0.2, 0.25) is 5.69 Å². The summed E-state index contributed by atoms with van der Waals surface area (Å²) in [7, 11) is 2.65. The Balaban J connectivity index is 3.15. The van der Waals surface area contributed by atoms with Crippen LogP contribution in [0.5, 0.6) is 0 Å².